The van der Waals surface area contributed by atoms with Gasteiger partial charge in [-0.3, -0.25) is 10.1 Å². The summed E-state index contributed by atoms with van der Waals surface area (Å²) in [6, 6.07) is 4.90. The van der Waals surface area contributed by atoms with Gasteiger partial charge in [0.1, 0.15) is 11.9 Å². The Kier molecular flexibility index (Phi) is 9.57. The molecule has 0 unspecified atom stereocenters. The van der Waals surface area contributed by atoms with Gasteiger partial charge in [0.05, 0.1) is 12.4 Å². The van der Waals surface area contributed by atoms with Crippen LogP contribution in [0.2, 0.25) is 0 Å². The topological polar surface area (TPSA) is 93.9 Å². The third kappa shape index (κ3) is 9.12. The molecule has 2 fully saturated rings. The number of thioether (sulfide) groups is 1. The summed E-state index contributed by atoms with van der Waals surface area (Å²) in [6.45, 7) is 1.03. The number of nitrogens with zero attached hydrogens (tertiary/aromatic N) is 1. The summed E-state index contributed by atoms with van der Waals surface area (Å²) >= 11 is 1.78. The minimum Gasteiger partial charge on any atom is -0.446 e. The van der Waals surface area contributed by atoms with Crippen LogP contribution in [-0.2, 0) is 9.53 Å². The zero-order valence-electron chi connectivity index (χ0n) is 16.5. The van der Waals surface area contributed by atoms with Gasteiger partial charge in [-0.1, -0.05) is 6.42 Å². The number of rotatable bonds is 4. The molecule has 0 bridgehead atoms. The molecule has 30 heavy (non-hydrogen) atoms. The van der Waals surface area contributed by atoms with Gasteiger partial charge in [0, 0.05) is 18.0 Å². The first kappa shape index (κ1) is 24.1. The molecule has 3 rings (SSSR count). The monoisotopic (exact) mass is 449 g/mol. The predicted molar refractivity (Wildman–Crippen MR) is 108 cm³/mol. The van der Waals surface area contributed by atoms with Gasteiger partial charge < -0.3 is 20.1 Å². The zero-order chi connectivity index (χ0) is 22.0. The SMILES string of the molecule is NCC(=O)N1CCSC1.O=C(Nc1ccc(OC(F)(F)F)cc1)OC1CCCCC1. The smallest absolute Gasteiger partial charge is 0.446 e. The van der Waals surface area contributed by atoms with Crippen LogP contribution in [-0.4, -0.2) is 54.1 Å². The number of carbonyl (C=O) groups excluding carboxylic acids is 2. The number of amides is 2. The Morgan fingerprint density at radius 2 is 1.83 bits per heavy atom. The first-order chi connectivity index (χ1) is 14.3. The fourth-order valence-electron chi connectivity index (χ4n) is 2.96. The molecule has 1 aliphatic heterocycles. The number of alkyl halides is 3. The van der Waals surface area contributed by atoms with Crippen LogP contribution in [0.15, 0.2) is 24.3 Å². The van der Waals surface area contributed by atoms with Crippen molar-refractivity contribution in [3.05, 3.63) is 24.3 Å². The summed E-state index contributed by atoms with van der Waals surface area (Å²) < 4.78 is 45.0. The summed E-state index contributed by atoms with van der Waals surface area (Å²) in [5.74, 6) is 1.62. The highest BCUT2D eigenvalue weighted by Crippen LogP contribution is 2.24. The van der Waals surface area contributed by atoms with E-state index in [1.165, 1.54) is 12.1 Å². The van der Waals surface area contributed by atoms with Crippen molar-refractivity contribution in [2.45, 2.75) is 44.6 Å². The maximum atomic E-state index is 12.0. The molecule has 1 saturated carbocycles. The highest BCUT2D eigenvalue weighted by atomic mass is 32.2. The Morgan fingerprint density at radius 3 is 2.37 bits per heavy atom. The van der Waals surface area contributed by atoms with Crippen LogP contribution in [0.1, 0.15) is 32.1 Å². The van der Waals surface area contributed by atoms with E-state index in [1.54, 1.807) is 16.7 Å². The van der Waals surface area contributed by atoms with E-state index in [9.17, 15) is 22.8 Å². The Labute approximate surface area is 177 Å². The van der Waals surface area contributed by atoms with Crippen molar-refractivity contribution in [2.75, 3.05) is 30.0 Å². The first-order valence-corrected chi connectivity index (χ1v) is 10.8. The molecule has 2 aliphatic rings. The van der Waals surface area contributed by atoms with Crippen LogP contribution in [0.4, 0.5) is 23.7 Å². The fraction of sp³-hybridized carbons (Fsp3) is 0.579. The van der Waals surface area contributed by atoms with Gasteiger partial charge in [-0.25, -0.2) is 4.79 Å². The van der Waals surface area contributed by atoms with Crippen LogP contribution in [0.5, 0.6) is 5.75 Å². The number of carbonyl (C=O) groups is 2. The molecule has 7 nitrogen and oxygen atoms in total. The molecule has 11 heteroatoms. The maximum absolute atomic E-state index is 12.0. The van der Waals surface area contributed by atoms with Gasteiger partial charge in [-0.15, -0.1) is 24.9 Å². The molecule has 1 aliphatic carbocycles. The molecule has 0 aromatic heterocycles. The van der Waals surface area contributed by atoms with E-state index in [0.29, 0.717) is 5.69 Å². The molecular formula is C19H26F3N3O4S. The average Bonchev–Trinajstić information content (AvgIpc) is 3.24. The highest BCUT2D eigenvalue weighted by molar-refractivity contribution is 7.99. The van der Waals surface area contributed by atoms with Crippen LogP contribution in [0, 0.1) is 0 Å². The molecule has 0 radical (unpaired) electrons. The van der Waals surface area contributed by atoms with E-state index >= 15 is 0 Å². The van der Waals surface area contributed by atoms with Crippen molar-refractivity contribution in [3.8, 4) is 5.75 Å². The van der Waals surface area contributed by atoms with Crippen molar-refractivity contribution >= 4 is 29.4 Å². The maximum Gasteiger partial charge on any atom is 0.573 e. The summed E-state index contributed by atoms with van der Waals surface area (Å²) in [6.07, 6.45) is -0.449. The number of nitrogens with one attached hydrogen (secondary N) is 1. The van der Waals surface area contributed by atoms with Gasteiger partial charge >= 0.3 is 12.5 Å². The predicted octanol–water partition coefficient (Wildman–Crippen LogP) is 3.94. The number of hydrogen-bond acceptors (Lipinski definition) is 6. The van der Waals surface area contributed by atoms with Gasteiger partial charge in [0.2, 0.25) is 5.91 Å². The molecule has 1 saturated heterocycles. The first-order valence-electron chi connectivity index (χ1n) is 9.66. The number of anilines is 1. The molecule has 1 aromatic rings. The minimum atomic E-state index is -4.73. The number of ether oxygens (including phenoxy) is 2. The van der Waals surface area contributed by atoms with Gasteiger partial charge in [0.25, 0.3) is 0 Å². The minimum absolute atomic E-state index is 0.0694. The number of hydrogen-bond donors (Lipinski definition) is 2. The third-order valence-corrected chi connectivity index (χ3v) is 5.41. The largest absolute Gasteiger partial charge is 0.573 e. The van der Waals surface area contributed by atoms with Gasteiger partial charge in [0.15, 0.2) is 0 Å². The van der Waals surface area contributed by atoms with Crippen LogP contribution in [0.25, 0.3) is 0 Å². The van der Waals surface area contributed by atoms with Gasteiger partial charge in [-0.2, -0.15) is 0 Å². The molecule has 0 atom stereocenters. The molecule has 168 valence electrons. The lowest BCUT2D eigenvalue weighted by Gasteiger charge is -2.21. The molecule has 3 N–H and O–H groups in total. The summed E-state index contributed by atoms with van der Waals surface area (Å²) in [4.78, 5) is 24.2. The van der Waals surface area contributed by atoms with Gasteiger partial charge in [-0.05, 0) is 49.9 Å². The van der Waals surface area contributed by atoms with Crippen molar-refractivity contribution < 1.29 is 32.2 Å². The molecule has 2 amide bonds. The van der Waals surface area contributed by atoms with E-state index < -0.39 is 12.5 Å². The second-order valence-electron chi connectivity index (χ2n) is 6.76. The fourth-order valence-corrected chi connectivity index (χ4v) is 3.93. The Hall–Kier alpha value is -2.14. The Bertz CT molecular complexity index is 677. The van der Waals surface area contributed by atoms with Crippen molar-refractivity contribution in [1.29, 1.82) is 0 Å². The number of nitrogens with two attached hydrogens (primary N) is 1. The van der Waals surface area contributed by atoms with E-state index in [-0.39, 0.29) is 24.3 Å². The molecule has 0 spiro atoms. The summed E-state index contributed by atoms with van der Waals surface area (Å²) in [5.41, 5.74) is 5.50. The van der Waals surface area contributed by atoms with E-state index in [0.717, 1.165) is 62.4 Å². The highest BCUT2D eigenvalue weighted by Gasteiger charge is 2.31. The van der Waals surface area contributed by atoms with Crippen LogP contribution in [0.3, 0.4) is 0 Å². The summed E-state index contributed by atoms with van der Waals surface area (Å²) in [7, 11) is 0. The second kappa shape index (κ2) is 11.9. The van der Waals surface area contributed by atoms with Crippen molar-refractivity contribution in [3.63, 3.8) is 0 Å². The lowest BCUT2D eigenvalue weighted by molar-refractivity contribution is -0.274. The quantitative estimate of drug-likeness (QED) is 0.723. The lowest BCUT2D eigenvalue weighted by atomic mass is 9.98. The standard InChI is InChI=1S/C14H16F3NO3.C5H10N2OS/c15-14(16,17)21-12-8-6-10(7-9-12)18-13(19)20-11-4-2-1-3-5-11;6-3-5(8)7-1-2-9-4-7/h6-9,11H,1-5H2,(H,18,19);1-4,6H2. The van der Waals surface area contributed by atoms with E-state index in [2.05, 4.69) is 10.1 Å². The molecule has 1 heterocycles. The average molecular weight is 449 g/mol. The third-order valence-electron chi connectivity index (χ3n) is 4.44. The van der Waals surface area contributed by atoms with Crippen molar-refractivity contribution in [1.82, 2.24) is 4.90 Å². The lowest BCUT2D eigenvalue weighted by Crippen LogP contribution is -2.33. The number of halogens is 3. The van der Waals surface area contributed by atoms with Crippen LogP contribution >= 0.6 is 11.8 Å². The second-order valence-corrected chi connectivity index (χ2v) is 7.84. The zero-order valence-corrected chi connectivity index (χ0v) is 17.3. The van der Waals surface area contributed by atoms with E-state index in [1.807, 2.05) is 0 Å². The normalized spacial score (nSPS) is 17.0. The Morgan fingerprint density at radius 1 is 1.17 bits per heavy atom. The Balaban J connectivity index is 0.000000297. The summed E-state index contributed by atoms with van der Waals surface area (Å²) in [5, 5.41) is 2.48. The molecule has 1 aromatic carbocycles. The number of benzene rings is 1. The van der Waals surface area contributed by atoms with Crippen molar-refractivity contribution in [2.24, 2.45) is 5.73 Å². The van der Waals surface area contributed by atoms with E-state index in [4.69, 9.17) is 10.5 Å². The molecular weight excluding hydrogens is 423 g/mol. The van der Waals surface area contributed by atoms with Crippen LogP contribution < -0.4 is 15.8 Å².